The van der Waals surface area contributed by atoms with Crippen LogP contribution in [0.25, 0.3) is 0 Å². The van der Waals surface area contributed by atoms with Crippen LogP contribution in [0.5, 0.6) is 0 Å². The Morgan fingerprint density at radius 3 is 2.58 bits per heavy atom. The maximum atomic E-state index is 12.8. The van der Waals surface area contributed by atoms with Crippen molar-refractivity contribution < 1.29 is 14.0 Å². The number of nitrogens with one attached hydrogen (secondary N) is 2. The molecule has 1 aromatic rings. The van der Waals surface area contributed by atoms with Crippen LogP contribution in [0.3, 0.4) is 0 Å². The van der Waals surface area contributed by atoms with Gasteiger partial charge in [-0.2, -0.15) is 0 Å². The van der Waals surface area contributed by atoms with Gasteiger partial charge in [0.1, 0.15) is 6.04 Å². The lowest BCUT2D eigenvalue weighted by Crippen LogP contribution is -2.53. The minimum atomic E-state index is -0.520. The van der Waals surface area contributed by atoms with E-state index >= 15 is 0 Å². The Labute approximate surface area is 144 Å². The van der Waals surface area contributed by atoms with Crippen molar-refractivity contribution in [1.82, 2.24) is 15.5 Å². The highest BCUT2D eigenvalue weighted by Gasteiger charge is 2.31. The molecule has 1 saturated heterocycles. The number of hydrogen-bond acceptors (Lipinski definition) is 4. The summed E-state index contributed by atoms with van der Waals surface area (Å²) in [5.41, 5.74) is 0. The summed E-state index contributed by atoms with van der Waals surface area (Å²) in [6, 6.07) is 2.74. The van der Waals surface area contributed by atoms with Crippen molar-refractivity contribution in [3.05, 3.63) is 24.2 Å². The second-order valence-corrected chi connectivity index (χ2v) is 6.75. The van der Waals surface area contributed by atoms with Gasteiger partial charge in [-0.25, -0.2) is 0 Å². The van der Waals surface area contributed by atoms with Gasteiger partial charge < -0.3 is 20.0 Å². The molecular weight excluding hydrogens is 306 g/mol. The molecule has 134 valence electrons. The first-order valence-electron chi connectivity index (χ1n) is 8.86. The first-order valence-corrected chi connectivity index (χ1v) is 8.86. The Balaban J connectivity index is 1.91. The molecule has 0 aromatic carbocycles. The average Bonchev–Trinajstić information content (AvgIpc) is 3.12. The predicted octanol–water partition coefficient (Wildman–Crippen LogP) is 1.88. The van der Waals surface area contributed by atoms with E-state index in [0.717, 1.165) is 39.0 Å². The number of likely N-dealkylation sites (tertiary alicyclic amines) is 1. The van der Waals surface area contributed by atoms with E-state index in [1.807, 2.05) is 18.7 Å². The SMILES string of the molecule is CCNCC1CCN(C(=O)C(NC(=O)c2ccco2)C(C)C)CC1. The molecule has 1 aromatic heterocycles. The van der Waals surface area contributed by atoms with Crippen molar-refractivity contribution in [3.63, 3.8) is 0 Å². The van der Waals surface area contributed by atoms with Gasteiger partial charge in [-0.3, -0.25) is 9.59 Å². The number of carbonyl (C=O) groups is 2. The monoisotopic (exact) mass is 335 g/mol. The fourth-order valence-electron chi connectivity index (χ4n) is 3.04. The second kappa shape index (κ2) is 8.87. The Kier molecular flexibility index (Phi) is 6.85. The Bertz CT molecular complexity index is 520. The molecule has 1 aliphatic rings. The lowest BCUT2D eigenvalue weighted by atomic mass is 9.95. The molecule has 0 bridgehead atoms. The highest BCUT2D eigenvalue weighted by molar-refractivity contribution is 5.95. The summed E-state index contributed by atoms with van der Waals surface area (Å²) in [6.07, 6.45) is 3.47. The van der Waals surface area contributed by atoms with Gasteiger partial charge in [0.15, 0.2) is 5.76 Å². The number of furan rings is 1. The van der Waals surface area contributed by atoms with Gasteiger partial charge in [0.05, 0.1) is 6.26 Å². The van der Waals surface area contributed by atoms with Gasteiger partial charge in [0.25, 0.3) is 5.91 Å². The van der Waals surface area contributed by atoms with Gasteiger partial charge in [0, 0.05) is 13.1 Å². The van der Waals surface area contributed by atoms with Crippen LogP contribution in [0.15, 0.2) is 22.8 Å². The highest BCUT2D eigenvalue weighted by Crippen LogP contribution is 2.18. The number of piperidine rings is 1. The first kappa shape index (κ1) is 18.5. The van der Waals surface area contributed by atoms with Crippen LogP contribution in [0.4, 0.5) is 0 Å². The maximum Gasteiger partial charge on any atom is 0.287 e. The summed E-state index contributed by atoms with van der Waals surface area (Å²) >= 11 is 0. The third kappa shape index (κ3) is 4.84. The standard InChI is InChI=1S/C18H29N3O3/c1-4-19-12-14-7-9-21(10-8-14)18(23)16(13(2)3)20-17(22)15-6-5-11-24-15/h5-6,11,13-14,16,19H,4,7-10,12H2,1-3H3,(H,20,22). The predicted molar refractivity (Wildman–Crippen MR) is 92.6 cm³/mol. The third-order valence-corrected chi connectivity index (χ3v) is 4.57. The summed E-state index contributed by atoms with van der Waals surface area (Å²) < 4.78 is 5.11. The van der Waals surface area contributed by atoms with Gasteiger partial charge in [-0.15, -0.1) is 0 Å². The molecule has 1 fully saturated rings. The molecule has 0 saturated carbocycles. The lowest BCUT2D eigenvalue weighted by molar-refractivity contribution is -0.135. The van der Waals surface area contributed by atoms with Crippen LogP contribution in [0, 0.1) is 11.8 Å². The fourth-order valence-corrected chi connectivity index (χ4v) is 3.04. The smallest absolute Gasteiger partial charge is 0.287 e. The minimum Gasteiger partial charge on any atom is -0.459 e. The minimum absolute atomic E-state index is 0.00630. The second-order valence-electron chi connectivity index (χ2n) is 6.75. The van der Waals surface area contributed by atoms with E-state index in [0.29, 0.717) is 5.92 Å². The molecule has 2 rings (SSSR count). The highest BCUT2D eigenvalue weighted by atomic mass is 16.3. The van der Waals surface area contributed by atoms with Crippen molar-refractivity contribution in [3.8, 4) is 0 Å². The zero-order chi connectivity index (χ0) is 17.5. The van der Waals surface area contributed by atoms with Crippen molar-refractivity contribution in [2.75, 3.05) is 26.2 Å². The number of nitrogens with zero attached hydrogens (tertiary/aromatic N) is 1. The van der Waals surface area contributed by atoms with E-state index in [1.165, 1.54) is 6.26 Å². The molecule has 1 unspecified atom stereocenters. The zero-order valence-electron chi connectivity index (χ0n) is 14.9. The van der Waals surface area contributed by atoms with Crippen LogP contribution in [0.2, 0.25) is 0 Å². The number of carbonyl (C=O) groups excluding carboxylic acids is 2. The van der Waals surface area contributed by atoms with Crippen LogP contribution in [0.1, 0.15) is 44.2 Å². The largest absolute Gasteiger partial charge is 0.459 e. The van der Waals surface area contributed by atoms with Crippen LogP contribution in [-0.4, -0.2) is 48.9 Å². The lowest BCUT2D eigenvalue weighted by Gasteiger charge is -2.35. The zero-order valence-corrected chi connectivity index (χ0v) is 14.9. The summed E-state index contributed by atoms with van der Waals surface area (Å²) in [6.45, 7) is 9.51. The van der Waals surface area contributed by atoms with Crippen molar-refractivity contribution >= 4 is 11.8 Å². The van der Waals surface area contributed by atoms with E-state index in [4.69, 9.17) is 4.42 Å². The summed E-state index contributed by atoms with van der Waals surface area (Å²) in [4.78, 5) is 26.9. The summed E-state index contributed by atoms with van der Waals surface area (Å²) in [5, 5.41) is 6.20. The molecule has 1 aliphatic heterocycles. The molecule has 0 radical (unpaired) electrons. The van der Waals surface area contributed by atoms with E-state index in [-0.39, 0.29) is 23.5 Å². The number of amides is 2. The normalized spacial score (nSPS) is 17.1. The molecule has 24 heavy (non-hydrogen) atoms. The van der Waals surface area contributed by atoms with E-state index in [2.05, 4.69) is 17.6 Å². The Morgan fingerprint density at radius 2 is 2.04 bits per heavy atom. The van der Waals surface area contributed by atoms with E-state index in [9.17, 15) is 9.59 Å². The summed E-state index contributed by atoms with van der Waals surface area (Å²) in [7, 11) is 0. The van der Waals surface area contributed by atoms with Gasteiger partial charge in [0.2, 0.25) is 5.91 Å². The number of rotatable bonds is 7. The van der Waals surface area contributed by atoms with Gasteiger partial charge in [-0.1, -0.05) is 20.8 Å². The topological polar surface area (TPSA) is 74.6 Å². The van der Waals surface area contributed by atoms with Crippen molar-refractivity contribution in [1.29, 1.82) is 0 Å². The molecule has 6 nitrogen and oxygen atoms in total. The summed E-state index contributed by atoms with van der Waals surface area (Å²) in [5.74, 6) is 0.554. The molecular formula is C18H29N3O3. The van der Waals surface area contributed by atoms with Gasteiger partial charge >= 0.3 is 0 Å². The average molecular weight is 335 g/mol. The Hall–Kier alpha value is -1.82. The van der Waals surface area contributed by atoms with Crippen molar-refractivity contribution in [2.45, 2.75) is 39.7 Å². The van der Waals surface area contributed by atoms with Crippen LogP contribution in [-0.2, 0) is 4.79 Å². The molecule has 0 spiro atoms. The third-order valence-electron chi connectivity index (χ3n) is 4.57. The Morgan fingerprint density at radius 1 is 1.33 bits per heavy atom. The molecule has 2 heterocycles. The first-order chi connectivity index (χ1) is 11.5. The van der Waals surface area contributed by atoms with Gasteiger partial charge in [-0.05, 0) is 49.9 Å². The molecule has 2 amide bonds. The molecule has 2 N–H and O–H groups in total. The molecule has 1 atom stereocenters. The van der Waals surface area contributed by atoms with Crippen molar-refractivity contribution in [2.24, 2.45) is 11.8 Å². The number of hydrogen-bond donors (Lipinski definition) is 2. The fraction of sp³-hybridized carbons (Fsp3) is 0.667. The molecule has 0 aliphatic carbocycles. The van der Waals surface area contributed by atoms with E-state index < -0.39 is 6.04 Å². The maximum absolute atomic E-state index is 12.8. The van der Waals surface area contributed by atoms with Crippen LogP contribution >= 0.6 is 0 Å². The quantitative estimate of drug-likeness (QED) is 0.798. The molecule has 6 heteroatoms. The van der Waals surface area contributed by atoms with Crippen LogP contribution < -0.4 is 10.6 Å². The van der Waals surface area contributed by atoms with E-state index in [1.54, 1.807) is 12.1 Å².